The van der Waals surface area contributed by atoms with Crippen LogP contribution in [0, 0.1) is 0 Å². The first kappa shape index (κ1) is 18.2. The Morgan fingerprint density at radius 1 is 1.11 bits per heavy atom. The molecule has 0 radical (unpaired) electrons. The van der Waals surface area contributed by atoms with E-state index in [1.807, 2.05) is 36.5 Å². The van der Waals surface area contributed by atoms with Crippen LogP contribution in [0.4, 0.5) is 0 Å². The average molecular weight is 381 g/mol. The second-order valence-electron chi connectivity index (χ2n) is 6.68. The molecule has 1 aliphatic rings. The Balaban J connectivity index is 1.29. The second-order valence-corrected chi connectivity index (χ2v) is 7.80. The molecule has 1 fully saturated rings. The van der Waals surface area contributed by atoms with Crippen LogP contribution in [-0.2, 0) is 17.9 Å². The van der Waals surface area contributed by atoms with Gasteiger partial charge < -0.3 is 14.8 Å². The van der Waals surface area contributed by atoms with E-state index in [0.717, 1.165) is 36.9 Å². The second kappa shape index (κ2) is 9.13. The number of aromatic nitrogens is 1. The summed E-state index contributed by atoms with van der Waals surface area (Å²) in [5.74, 6) is 0.880. The van der Waals surface area contributed by atoms with Gasteiger partial charge in [-0.1, -0.05) is 30.3 Å². The van der Waals surface area contributed by atoms with Crippen LogP contribution in [0.3, 0.4) is 0 Å². The third kappa shape index (κ3) is 5.16. The van der Waals surface area contributed by atoms with Crippen LogP contribution >= 0.6 is 11.3 Å². The molecule has 1 unspecified atom stereocenters. The highest BCUT2D eigenvalue weighted by atomic mass is 32.1. The Morgan fingerprint density at radius 2 is 1.96 bits per heavy atom. The minimum absolute atomic E-state index is 0.368. The monoisotopic (exact) mass is 380 g/mol. The van der Waals surface area contributed by atoms with Crippen molar-refractivity contribution in [2.24, 2.45) is 0 Å². The van der Waals surface area contributed by atoms with Gasteiger partial charge in [-0.15, -0.1) is 11.3 Å². The van der Waals surface area contributed by atoms with Gasteiger partial charge in [0.2, 0.25) is 0 Å². The molecule has 0 saturated carbocycles. The maximum atomic E-state index is 5.86. The summed E-state index contributed by atoms with van der Waals surface area (Å²) >= 11 is 1.73. The van der Waals surface area contributed by atoms with Crippen molar-refractivity contribution in [3.05, 3.63) is 71.4 Å². The number of rotatable bonds is 8. The lowest BCUT2D eigenvalue weighted by Gasteiger charge is -2.09. The third-order valence-corrected chi connectivity index (χ3v) is 5.66. The normalized spacial score (nSPS) is 16.5. The van der Waals surface area contributed by atoms with Crippen LogP contribution in [0.2, 0.25) is 0 Å². The van der Waals surface area contributed by atoms with Crippen molar-refractivity contribution in [3.63, 3.8) is 0 Å². The molecule has 27 heavy (non-hydrogen) atoms. The molecule has 0 bridgehead atoms. The zero-order valence-electron chi connectivity index (χ0n) is 15.3. The predicted molar refractivity (Wildman–Crippen MR) is 109 cm³/mol. The third-order valence-electron chi connectivity index (χ3n) is 4.61. The molecular weight excluding hydrogens is 356 g/mol. The summed E-state index contributed by atoms with van der Waals surface area (Å²) in [6.07, 6.45) is 4.66. The Labute approximate surface area is 164 Å². The fourth-order valence-electron chi connectivity index (χ4n) is 3.13. The van der Waals surface area contributed by atoms with E-state index >= 15 is 0 Å². The van der Waals surface area contributed by atoms with Crippen molar-refractivity contribution in [1.29, 1.82) is 0 Å². The molecule has 1 saturated heterocycles. The Kier molecular flexibility index (Phi) is 6.14. The van der Waals surface area contributed by atoms with Crippen LogP contribution in [-0.4, -0.2) is 24.2 Å². The van der Waals surface area contributed by atoms with E-state index in [2.05, 4.69) is 34.6 Å². The zero-order chi connectivity index (χ0) is 18.3. The van der Waals surface area contributed by atoms with Gasteiger partial charge in [0, 0.05) is 25.9 Å². The van der Waals surface area contributed by atoms with Gasteiger partial charge in [0.15, 0.2) is 0 Å². The quantitative estimate of drug-likeness (QED) is 0.617. The summed E-state index contributed by atoms with van der Waals surface area (Å²) in [6, 6.07) is 18.4. The van der Waals surface area contributed by atoms with E-state index < -0.39 is 0 Å². The molecule has 4 nitrogen and oxygen atoms in total. The summed E-state index contributed by atoms with van der Waals surface area (Å²) in [5, 5.41) is 4.56. The maximum absolute atomic E-state index is 5.86. The van der Waals surface area contributed by atoms with Crippen LogP contribution in [0.1, 0.15) is 23.4 Å². The summed E-state index contributed by atoms with van der Waals surface area (Å²) < 4.78 is 11.5. The number of hydrogen-bond acceptors (Lipinski definition) is 5. The number of benzene rings is 2. The van der Waals surface area contributed by atoms with Crippen LogP contribution in [0.15, 0.2) is 60.8 Å². The topological polar surface area (TPSA) is 43.4 Å². The molecule has 2 aromatic carbocycles. The molecule has 0 aliphatic carbocycles. The van der Waals surface area contributed by atoms with Gasteiger partial charge in [0.25, 0.3) is 0 Å². The van der Waals surface area contributed by atoms with Crippen molar-refractivity contribution in [2.75, 3.05) is 13.2 Å². The van der Waals surface area contributed by atoms with Crippen molar-refractivity contribution in [1.82, 2.24) is 10.3 Å². The Bertz CT molecular complexity index is 827. The summed E-state index contributed by atoms with van der Waals surface area (Å²) in [5.41, 5.74) is 2.34. The van der Waals surface area contributed by atoms with E-state index in [1.54, 1.807) is 11.3 Å². The molecule has 0 spiro atoms. The first-order valence-electron chi connectivity index (χ1n) is 9.41. The molecule has 0 amide bonds. The van der Waals surface area contributed by atoms with Crippen molar-refractivity contribution < 1.29 is 9.47 Å². The van der Waals surface area contributed by atoms with Gasteiger partial charge in [-0.25, -0.2) is 4.98 Å². The van der Waals surface area contributed by atoms with E-state index in [-0.39, 0.29) is 0 Å². The highest BCUT2D eigenvalue weighted by molar-refractivity contribution is 7.15. The molecule has 1 atom stereocenters. The minimum atomic E-state index is 0.368. The van der Waals surface area contributed by atoms with Crippen molar-refractivity contribution in [2.45, 2.75) is 32.1 Å². The maximum Gasteiger partial charge on any atom is 0.119 e. The number of ether oxygens (including phenoxy) is 2. The zero-order valence-corrected chi connectivity index (χ0v) is 16.1. The lowest BCUT2D eigenvalue weighted by atomic mass is 10.2. The SMILES string of the molecule is c1ccc(COc2ccc(-c3cnc(CNCC4CCCO4)s3)cc2)cc1. The number of hydrogen-bond donors (Lipinski definition) is 1. The van der Waals surface area contributed by atoms with Crippen molar-refractivity contribution in [3.8, 4) is 16.2 Å². The fourth-order valence-corrected chi connectivity index (χ4v) is 4.02. The van der Waals surface area contributed by atoms with E-state index in [1.165, 1.54) is 22.4 Å². The molecule has 4 rings (SSSR count). The summed E-state index contributed by atoms with van der Waals surface area (Å²) in [4.78, 5) is 5.72. The van der Waals surface area contributed by atoms with Crippen LogP contribution in [0.5, 0.6) is 5.75 Å². The number of nitrogens with one attached hydrogen (secondary N) is 1. The molecule has 2 heterocycles. The molecule has 1 N–H and O–H groups in total. The molecule has 3 aromatic rings. The van der Waals surface area contributed by atoms with Gasteiger partial charge in [-0.05, 0) is 48.2 Å². The van der Waals surface area contributed by atoms with E-state index in [4.69, 9.17) is 9.47 Å². The molecular formula is C22H24N2O2S. The van der Waals surface area contributed by atoms with Gasteiger partial charge in [0.1, 0.15) is 17.4 Å². The van der Waals surface area contributed by atoms with E-state index in [9.17, 15) is 0 Å². The van der Waals surface area contributed by atoms with Gasteiger partial charge in [-0.3, -0.25) is 0 Å². The first-order valence-corrected chi connectivity index (χ1v) is 10.2. The van der Waals surface area contributed by atoms with Crippen molar-refractivity contribution >= 4 is 11.3 Å². The fraction of sp³-hybridized carbons (Fsp3) is 0.318. The lowest BCUT2D eigenvalue weighted by Crippen LogP contribution is -2.25. The predicted octanol–water partition coefficient (Wildman–Crippen LogP) is 4.66. The highest BCUT2D eigenvalue weighted by Crippen LogP contribution is 2.28. The first-order chi connectivity index (χ1) is 13.4. The molecule has 1 aliphatic heterocycles. The Morgan fingerprint density at radius 3 is 2.74 bits per heavy atom. The Hall–Kier alpha value is -2.21. The summed E-state index contributed by atoms with van der Waals surface area (Å²) in [7, 11) is 0. The van der Waals surface area contributed by atoms with Crippen LogP contribution in [0.25, 0.3) is 10.4 Å². The van der Waals surface area contributed by atoms with Gasteiger partial charge in [-0.2, -0.15) is 0 Å². The van der Waals surface area contributed by atoms with E-state index in [0.29, 0.717) is 12.7 Å². The minimum Gasteiger partial charge on any atom is -0.489 e. The highest BCUT2D eigenvalue weighted by Gasteiger charge is 2.14. The smallest absolute Gasteiger partial charge is 0.119 e. The number of thiazole rings is 1. The van der Waals surface area contributed by atoms with Crippen LogP contribution < -0.4 is 10.1 Å². The molecule has 140 valence electrons. The van der Waals surface area contributed by atoms with Gasteiger partial charge in [0.05, 0.1) is 11.0 Å². The lowest BCUT2D eigenvalue weighted by molar-refractivity contribution is 0.110. The largest absolute Gasteiger partial charge is 0.489 e. The average Bonchev–Trinajstić information content (AvgIpc) is 3.40. The van der Waals surface area contributed by atoms with Gasteiger partial charge >= 0.3 is 0 Å². The molecule has 1 aromatic heterocycles. The summed E-state index contributed by atoms with van der Waals surface area (Å²) in [6.45, 7) is 3.19. The molecule has 5 heteroatoms. The standard InChI is InChI=1S/C22H24N2O2S/c1-2-5-17(6-3-1)16-26-19-10-8-18(9-11-19)21-14-24-22(27-21)15-23-13-20-7-4-12-25-20/h1-3,5-6,8-11,14,20,23H,4,7,12-13,15-16H2. The number of nitrogens with zero attached hydrogens (tertiary/aromatic N) is 1.